The Morgan fingerprint density at radius 3 is 2.94 bits per heavy atom. The fourth-order valence-electron chi connectivity index (χ4n) is 2.50. The molecular weight excluding hydrogens is 202 g/mol. The van der Waals surface area contributed by atoms with Gasteiger partial charge in [0.25, 0.3) is 0 Å². The zero-order valence-corrected chi connectivity index (χ0v) is 9.52. The summed E-state index contributed by atoms with van der Waals surface area (Å²) in [5.41, 5.74) is 2.63. The fourth-order valence-corrected chi connectivity index (χ4v) is 2.50. The second kappa shape index (κ2) is 4.56. The molecule has 1 aromatic carbocycles. The van der Waals surface area contributed by atoms with Crippen LogP contribution in [-0.2, 0) is 11.2 Å². The number of para-hydroxylation sites is 1. The van der Waals surface area contributed by atoms with E-state index in [1.807, 2.05) is 12.1 Å². The zero-order chi connectivity index (χ0) is 11.5. The van der Waals surface area contributed by atoms with Crippen LogP contribution in [0.4, 0.5) is 5.69 Å². The Morgan fingerprint density at radius 2 is 2.25 bits per heavy atom. The lowest BCUT2D eigenvalue weighted by Crippen LogP contribution is -2.32. The maximum absolute atomic E-state index is 10.6. The molecule has 3 nitrogen and oxygen atoms in total. The molecule has 0 spiro atoms. The maximum Gasteiger partial charge on any atom is 0.303 e. The van der Waals surface area contributed by atoms with Crippen LogP contribution in [0.1, 0.15) is 25.3 Å². The van der Waals surface area contributed by atoms with E-state index in [0.29, 0.717) is 6.04 Å². The molecule has 0 fully saturated rings. The molecule has 1 aliphatic rings. The Balaban J connectivity index is 2.11. The van der Waals surface area contributed by atoms with E-state index in [9.17, 15) is 4.79 Å². The summed E-state index contributed by atoms with van der Waals surface area (Å²) in [7, 11) is 0. The third-order valence-corrected chi connectivity index (χ3v) is 3.23. The highest BCUT2D eigenvalue weighted by Crippen LogP contribution is 2.33. The van der Waals surface area contributed by atoms with E-state index in [1.165, 1.54) is 11.3 Å². The van der Waals surface area contributed by atoms with Gasteiger partial charge in [-0.25, -0.2) is 0 Å². The number of carboxylic acid groups (broad SMARTS) is 1. The van der Waals surface area contributed by atoms with Gasteiger partial charge < -0.3 is 10.0 Å². The van der Waals surface area contributed by atoms with Crippen LogP contribution < -0.4 is 4.90 Å². The van der Waals surface area contributed by atoms with E-state index in [0.717, 1.165) is 19.4 Å². The normalized spacial score (nSPS) is 18.6. The van der Waals surface area contributed by atoms with Crippen molar-refractivity contribution in [3.05, 3.63) is 29.8 Å². The van der Waals surface area contributed by atoms with Gasteiger partial charge in [-0.2, -0.15) is 0 Å². The molecular formula is C13H17NO2. The van der Waals surface area contributed by atoms with E-state index >= 15 is 0 Å². The van der Waals surface area contributed by atoms with E-state index in [1.54, 1.807) is 0 Å². The van der Waals surface area contributed by atoms with Crippen molar-refractivity contribution in [1.29, 1.82) is 0 Å². The standard InChI is InChI=1S/C13H17NO2/c1-2-14-11(7-8-13(15)16)9-10-5-3-4-6-12(10)14/h3-6,11H,2,7-9H2,1H3,(H,15,16). The summed E-state index contributed by atoms with van der Waals surface area (Å²) in [6, 6.07) is 8.71. The third-order valence-electron chi connectivity index (χ3n) is 3.23. The van der Waals surface area contributed by atoms with Crippen LogP contribution in [0, 0.1) is 0 Å². The Kier molecular flexibility index (Phi) is 3.13. The summed E-state index contributed by atoms with van der Waals surface area (Å²) in [4.78, 5) is 12.9. The number of carboxylic acids is 1. The van der Waals surface area contributed by atoms with E-state index in [4.69, 9.17) is 5.11 Å². The molecule has 0 saturated carbocycles. The molecule has 1 atom stereocenters. The van der Waals surface area contributed by atoms with Crippen LogP contribution in [0.5, 0.6) is 0 Å². The van der Waals surface area contributed by atoms with Gasteiger partial charge in [-0.3, -0.25) is 4.79 Å². The minimum absolute atomic E-state index is 0.259. The molecule has 16 heavy (non-hydrogen) atoms. The minimum Gasteiger partial charge on any atom is -0.481 e. The molecule has 0 aliphatic carbocycles. The first-order valence-electron chi connectivity index (χ1n) is 5.78. The van der Waals surface area contributed by atoms with Crippen LogP contribution in [0.15, 0.2) is 24.3 Å². The number of benzene rings is 1. The molecule has 0 saturated heterocycles. The Morgan fingerprint density at radius 1 is 1.50 bits per heavy atom. The lowest BCUT2D eigenvalue weighted by molar-refractivity contribution is -0.137. The van der Waals surface area contributed by atoms with Gasteiger partial charge in [-0.05, 0) is 31.4 Å². The molecule has 0 radical (unpaired) electrons. The van der Waals surface area contributed by atoms with Gasteiger partial charge >= 0.3 is 5.97 Å². The lowest BCUT2D eigenvalue weighted by Gasteiger charge is -2.25. The number of rotatable bonds is 4. The molecule has 3 heteroatoms. The van der Waals surface area contributed by atoms with Crippen molar-refractivity contribution in [2.75, 3.05) is 11.4 Å². The molecule has 2 rings (SSSR count). The molecule has 86 valence electrons. The topological polar surface area (TPSA) is 40.5 Å². The molecule has 1 aromatic rings. The van der Waals surface area contributed by atoms with Crippen LogP contribution in [-0.4, -0.2) is 23.7 Å². The first kappa shape index (κ1) is 11.0. The number of anilines is 1. The van der Waals surface area contributed by atoms with Gasteiger partial charge in [0.05, 0.1) is 0 Å². The van der Waals surface area contributed by atoms with Crippen molar-refractivity contribution in [3.8, 4) is 0 Å². The van der Waals surface area contributed by atoms with Crippen molar-refractivity contribution in [1.82, 2.24) is 0 Å². The molecule has 1 aliphatic heterocycles. The number of nitrogens with zero attached hydrogens (tertiary/aromatic N) is 1. The number of hydrogen-bond acceptors (Lipinski definition) is 2. The highest BCUT2D eigenvalue weighted by molar-refractivity contribution is 5.67. The maximum atomic E-state index is 10.6. The van der Waals surface area contributed by atoms with Crippen molar-refractivity contribution in [2.45, 2.75) is 32.2 Å². The van der Waals surface area contributed by atoms with Crippen molar-refractivity contribution in [3.63, 3.8) is 0 Å². The highest BCUT2D eigenvalue weighted by atomic mass is 16.4. The smallest absolute Gasteiger partial charge is 0.303 e. The van der Waals surface area contributed by atoms with Crippen LogP contribution >= 0.6 is 0 Å². The minimum atomic E-state index is -0.702. The average molecular weight is 219 g/mol. The fraction of sp³-hybridized carbons (Fsp3) is 0.462. The summed E-state index contributed by atoms with van der Waals surface area (Å²) in [6.07, 6.45) is 1.98. The number of hydrogen-bond donors (Lipinski definition) is 1. The summed E-state index contributed by atoms with van der Waals surface area (Å²) in [5.74, 6) is -0.702. The van der Waals surface area contributed by atoms with Gasteiger partial charge in [-0.15, -0.1) is 0 Å². The van der Waals surface area contributed by atoms with Gasteiger partial charge in [0, 0.05) is 24.7 Å². The number of aliphatic carboxylic acids is 1. The molecule has 1 unspecified atom stereocenters. The Labute approximate surface area is 95.7 Å². The first-order chi connectivity index (χ1) is 7.72. The van der Waals surface area contributed by atoms with E-state index in [2.05, 4.69) is 24.0 Å². The lowest BCUT2D eigenvalue weighted by atomic mass is 10.1. The third kappa shape index (κ3) is 2.03. The van der Waals surface area contributed by atoms with E-state index in [-0.39, 0.29) is 6.42 Å². The predicted octanol–water partition coefficient (Wildman–Crippen LogP) is 2.30. The Hall–Kier alpha value is -1.51. The van der Waals surface area contributed by atoms with Gasteiger partial charge in [0.15, 0.2) is 0 Å². The van der Waals surface area contributed by atoms with Crippen molar-refractivity contribution < 1.29 is 9.90 Å². The number of carbonyl (C=O) groups is 1. The van der Waals surface area contributed by atoms with Crippen LogP contribution in [0.3, 0.4) is 0 Å². The quantitative estimate of drug-likeness (QED) is 0.844. The van der Waals surface area contributed by atoms with Crippen molar-refractivity contribution in [2.24, 2.45) is 0 Å². The second-order valence-electron chi connectivity index (χ2n) is 4.21. The van der Waals surface area contributed by atoms with Crippen molar-refractivity contribution >= 4 is 11.7 Å². The predicted molar refractivity (Wildman–Crippen MR) is 63.8 cm³/mol. The molecule has 1 heterocycles. The van der Waals surface area contributed by atoms with Gasteiger partial charge in [0.2, 0.25) is 0 Å². The molecule has 0 bridgehead atoms. The van der Waals surface area contributed by atoms with Gasteiger partial charge in [-0.1, -0.05) is 18.2 Å². The molecule has 0 aromatic heterocycles. The number of fused-ring (bicyclic) bond motifs is 1. The first-order valence-corrected chi connectivity index (χ1v) is 5.78. The summed E-state index contributed by atoms with van der Waals surface area (Å²) < 4.78 is 0. The van der Waals surface area contributed by atoms with E-state index < -0.39 is 5.97 Å². The average Bonchev–Trinajstić information content (AvgIpc) is 2.63. The highest BCUT2D eigenvalue weighted by Gasteiger charge is 2.27. The number of likely N-dealkylation sites (N-methyl/N-ethyl adjacent to an activating group) is 1. The monoisotopic (exact) mass is 219 g/mol. The second-order valence-corrected chi connectivity index (χ2v) is 4.21. The SMILES string of the molecule is CCN1c2ccccc2CC1CCC(=O)O. The van der Waals surface area contributed by atoms with Crippen LogP contribution in [0.2, 0.25) is 0 Å². The summed E-state index contributed by atoms with van der Waals surface area (Å²) in [5, 5.41) is 8.73. The molecule has 0 amide bonds. The zero-order valence-electron chi connectivity index (χ0n) is 9.52. The summed E-state index contributed by atoms with van der Waals surface area (Å²) in [6.45, 7) is 3.07. The summed E-state index contributed by atoms with van der Waals surface area (Å²) >= 11 is 0. The largest absolute Gasteiger partial charge is 0.481 e. The molecule has 1 N–H and O–H groups in total. The van der Waals surface area contributed by atoms with Gasteiger partial charge in [0.1, 0.15) is 0 Å². The van der Waals surface area contributed by atoms with Crippen LogP contribution in [0.25, 0.3) is 0 Å². The Bertz CT molecular complexity index is 389.